The molecular weight excluding hydrogens is 379 g/mol. The van der Waals surface area contributed by atoms with Crippen LogP contribution in [0.2, 0.25) is 10.0 Å². The number of nitrogens with zero attached hydrogens (tertiary/aromatic N) is 1. The quantitative estimate of drug-likeness (QED) is 0.771. The molecule has 0 heterocycles. The number of amides is 1. The van der Waals surface area contributed by atoms with Crippen molar-refractivity contribution in [2.24, 2.45) is 0 Å². The predicted octanol–water partition coefficient (Wildman–Crippen LogP) is 3.96. The van der Waals surface area contributed by atoms with Crippen LogP contribution in [-0.4, -0.2) is 29.1 Å². The van der Waals surface area contributed by atoms with Gasteiger partial charge in [0, 0.05) is 5.69 Å². The highest BCUT2D eigenvalue weighted by atomic mass is 35.5. The summed E-state index contributed by atoms with van der Waals surface area (Å²) in [6, 6.07) is 2.26. The van der Waals surface area contributed by atoms with Crippen molar-refractivity contribution in [1.29, 1.82) is 0 Å². The number of carbonyl (C=O) groups is 2. The smallest absolute Gasteiger partial charge is 0.387 e. The third kappa shape index (κ3) is 3.65. The molecule has 1 saturated carbocycles. The number of rotatable bonds is 5. The molecular formula is C16H13Cl2F2NO4. The van der Waals surface area contributed by atoms with Gasteiger partial charge in [0.15, 0.2) is 5.75 Å². The summed E-state index contributed by atoms with van der Waals surface area (Å²) in [5.41, 5.74) is -1.54. The monoisotopic (exact) mass is 391 g/mol. The Bertz CT molecular complexity index is 719. The first-order valence-electron chi connectivity index (χ1n) is 7.21. The molecule has 25 heavy (non-hydrogen) atoms. The van der Waals surface area contributed by atoms with Crippen LogP contribution in [0.3, 0.4) is 0 Å². The fourth-order valence-electron chi connectivity index (χ4n) is 2.99. The van der Waals surface area contributed by atoms with Gasteiger partial charge in [-0.25, -0.2) is 4.79 Å². The summed E-state index contributed by atoms with van der Waals surface area (Å²) in [5, 5.41) is 9.11. The van der Waals surface area contributed by atoms with Gasteiger partial charge in [0.25, 0.3) is 0 Å². The number of halogens is 4. The zero-order chi connectivity index (χ0) is 18.8. The molecule has 1 aromatic carbocycles. The molecule has 0 spiro atoms. The number of carboxylic acids is 1. The van der Waals surface area contributed by atoms with Crippen molar-refractivity contribution in [3.8, 4) is 18.1 Å². The van der Waals surface area contributed by atoms with E-state index in [2.05, 4.69) is 4.74 Å². The fraction of sp³-hybridized carbons (Fsp3) is 0.375. The summed E-state index contributed by atoms with van der Waals surface area (Å²) in [5.74, 6) is -0.679. The number of anilines is 1. The first-order chi connectivity index (χ1) is 11.7. The van der Waals surface area contributed by atoms with Gasteiger partial charge in [-0.1, -0.05) is 36.0 Å². The van der Waals surface area contributed by atoms with Gasteiger partial charge in [-0.05, 0) is 30.9 Å². The number of hydrogen-bond donors (Lipinski definition) is 1. The molecule has 1 aliphatic rings. The number of terminal acetylenes is 1. The molecule has 1 N–H and O–H groups in total. The van der Waals surface area contributed by atoms with Gasteiger partial charge in [0.2, 0.25) is 0 Å². The maximum atomic E-state index is 12.4. The van der Waals surface area contributed by atoms with Crippen LogP contribution >= 0.6 is 23.2 Å². The van der Waals surface area contributed by atoms with Crippen molar-refractivity contribution in [3.63, 3.8) is 0 Å². The van der Waals surface area contributed by atoms with Gasteiger partial charge in [0.05, 0.1) is 10.0 Å². The van der Waals surface area contributed by atoms with Crippen molar-refractivity contribution in [1.82, 2.24) is 0 Å². The lowest BCUT2D eigenvalue weighted by molar-refractivity contribution is -0.144. The van der Waals surface area contributed by atoms with Crippen molar-refractivity contribution in [2.75, 3.05) is 4.90 Å². The van der Waals surface area contributed by atoms with E-state index in [-0.39, 0.29) is 28.6 Å². The van der Waals surface area contributed by atoms with Crippen LogP contribution in [0.5, 0.6) is 5.75 Å². The highest BCUT2D eigenvalue weighted by Crippen LogP contribution is 2.43. The third-order valence-electron chi connectivity index (χ3n) is 4.03. The average molecular weight is 392 g/mol. The summed E-state index contributed by atoms with van der Waals surface area (Å²) >= 11 is 11.8. The Morgan fingerprint density at radius 1 is 1.28 bits per heavy atom. The predicted molar refractivity (Wildman–Crippen MR) is 88.2 cm³/mol. The van der Waals surface area contributed by atoms with E-state index < -0.39 is 29.8 Å². The number of ether oxygens (including phenoxy) is 1. The van der Waals surface area contributed by atoms with Gasteiger partial charge in [0.1, 0.15) is 5.54 Å². The SMILES string of the molecule is C#CC(=O)N(c1cc(Cl)c(OC(F)F)c(Cl)c1)C1(C(=O)O)CCCC1. The molecule has 0 bridgehead atoms. The normalized spacial score (nSPS) is 15.7. The Kier molecular flexibility index (Phi) is 5.76. The van der Waals surface area contributed by atoms with Crippen molar-refractivity contribution in [3.05, 3.63) is 22.2 Å². The summed E-state index contributed by atoms with van der Waals surface area (Å²) in [6.07, 6.45) is 6.76. The van der Waals surface area contributed by atoms with Crippen LogP contribution in [0.1, 0.15) is 25.7 Å². The van der Waals surface area contributed by atoms with Gasteiger partial charge < -0.3 is 9.84 Å². The molecule has 5 nitrogen and oxygen atoms in total. The van der Waals surface area contributed by atoms with Crippen molar-refractivity contribution < 1.29 is 28.2 Å². The van der Waals surface area contributed by atoms with Crippen LogP contribution in [0.25, 0.3) is 0 Å². The first-order valence-corrected chi connectivity index (χ1v) is 7.96. The molecule has 9 heteroatoms. The molecule has 2 rings (SSSR count). The van der Waals surface area contributed by atoms with Crippen molar-refractivity contribution >= 4 is 40.8 Å². The van der Waals surface area contributed by atoms with Gasteiger partial charge in [-0.3, -0.25) is 9.69 Å². The molecule has 0 saturated heterocycles. The van der Waals surface area contributed by atoms with Crippen LogP contribution in [0.4, 0.5) is 14.5 Å². The van der Waals surface area contributed by atoms with Gasteiger partial charge in [-0.2, -0.15) is 8.78 Å². The van der Waals surface area contributed by atoms with Crippen molar-refractivity contribution in [2.45, 2.75) is 37.8 Å². The summed E-state index contributed by atoms with van der Waals surface area (Å²) in [4.78, 5) is 25.1. The lowest BCUT2D eigenvalue weighted by atomic mass is 9.94. The number of benzene rings is 1. The summed E-state index contributed by atoms with van der Waals surface area (Å²) in [7, 11) is 0. The van der Waals surface area contributed by atoms with Crippen LogP contribution in [0.15, 0.2) is 12.1 Å². The molecule has 1 aliphatic carbocycles. The number of carboxylic acid groups (broad SMARTS) is 1. The van der Waals surface area contributed by atoms with Crippen LogP contribution < -0.4 is 9.64 Å². The van der Waals surface area contributed by atoms with Crippen LogP contribution in [0, 0.1) is 12.3 Å². The topological polar surface area (TPSA) is 66.8 Å². The number of hydrogen-bond acceptors (Lipinski definition) is 3. The zero-order valence-electron chi connectivity index (χ0n) is 12.8. The second-order valence-electron chi connectivity index (χ2n) is 5.45. The molecule has 0 unspecified atom stereocenters. The van der Waals surface area contributed by atoms with E-state index in [0.29, 0.717) is 12.8 Å². The fourth-order valence-corrected chi connectivity index (χ4v) is 3.56. The molecule has 134 valence electrons. The average Bonchev–Trinajstić information content (AvgIpc) is 3.01. The standard InChI is InChI=1S/C16H13Cl2F2NO4/c1-2-12(22)21(16(14(23)24)5-3-4-6-16)9-7-10(17)13(11(18)8-9)25-15(19)20/h1,7-8,15H,3-6H2,(H,23,24). The first kappa shape index (κ1) is 19.3. The molecule has 0 radical (unpaired) electrons. The summed E-state index contributed by atoms with van der Waals surface area (Å²) in [6.45, 7) is -3.15. The highest BCUT2D eigenvalue weighted by Gasteiger charge is 2.49. The maximum Gasteiger partial charge on any atom is 0.387 e. The lowest BCUT2D eigenvalue weighted by Crippen LogP contribution is -2.55. The van der Waals surface area contributed by atoms with E-state index in [1.165, 1.54) is 0 Å². The van der Waals surface area contributed by atoms with E-state index >= 15 is 0 Å². The Hall–Kier alpha value is -2.04. The largest absolute Gasteiger partial charge is 0.479 e. The van der Waals surface area contributed by atoms with E-state index in [9.17, 15) is 23.5 Å². The lowest BCUT2D eigenvalue weighted by Gasteiger charge is -2.36. The molecule has 0 aliphatic heterocycles. The molecule has 1 aromatic rings. The van der Waals surface area contributed by atoms with Crippen LogP contribution in [-0.2, 0) is 9.59 Å². The Labute approximate surface area is 152 Å². The van der Waals surface area contributed by atoms with E-state index in [4.69, 9.17) is 29.6 Å². The minimum atomic E-state index is -3.15. The third-order valence-corrected chi connectivity index (χ3v) is 4.59. The van der Waals surface area contributed by atoms with E-state index in [1.54, 1.807) is 0 Å². The number of carbonyl (C=O) groups excluding carboxylic acids is 1. The van der Waals surface area contributed by atoms with Gasteiger partial charge >= 0.3 is 18.5 Å². The Balaban J connectivity index is 2.59. The molecule has 0 aromatic heterocycles. The highest BCUT2D eigenvalue weighted by molar-refractivity contribution is 6.37. The Morgan fingerprint density at radius 2 is 1.80 bits per heavy atom. The second-order valence-corrected chi connectivity index (χ2v) is 6.26. The molecule has 0 atom stereocenters. The molecule has 1 amide bonds. The maximum absolute atomic E-state index is 12.4. The van der Waals surface area contributed by atoms with E-state index in [0.717, 1.165) is 17.0 Å². The summed E-state index contributed by atoms with van der Waals surface area (Å²) < 4.78 is 29.1. The van der Waals surface area contributed by atoms with Gasteiger partial charge in [-0.15, -0.1) is 6.42 Å². The molecule has 1 fully saturated rings. The second kappa shape index (κ2) is 7.46. The minimum Gasteiger partial charge on any atom is -0.479 e. The van der Waals surface area contributed by atoms with E-state index in [1.807, 2.05) is 5.92 Å². The number of alkyl halides is 2. The number of aliphatic carboxylic acids is 1. The zero-order valence-corrected chi connectivity index (χ0v) is 14.3. The Morgan fingerprint density at radius 3 is 2.20 bits per heavy atom. The minimum absolute atomic E-state index is 0.00358.